The Morgan fingerprint density at radius 2 is 0.913 bits per heavy atom. The first-order valence-corrected chi connectivity index (χ1v) is 17.6. The molecule has 46 heavy (non-hydrogen) atoms. The first-order chi connectivity index (χ1) is 20.5. The van der Waals surface area contributed by atoms with Crippen molar-refractivity contribution in [3.8, 4) is 0 Å². The zero-order valence-corrected chi connectivity index (χ0v) is 34.2. The molecule has 2 aliphatic carbocycles. The summed E-state index contributed by atoms with van der Waals surface area (Å²) < 4.78 is 2.56. The number of allylic oxidation sites excluding steroid dienone is 2. The zero-order valence-electron chi connectivity index (χ0n) is 30.6. The number of nitrogens with zero attached hydrogens (tertiary/aromatic N) is 2. The molecule has 0 saturated heterocycles. The van der Waals surface area contributed by atoms with E-state index in [0.29, 0.717) is 23.7 Å². The summed E-state index contributed by atoms with van der Waals surface area (Å²) in [6, 6.07) is 13.5. The van der Waals surface area contributed by atoms with Crippen LogP contribution in [0.25, 0.3) is 0 Å². The van der Waals surface area contributed by atoms with Crippen molar-refractivity contribution in [3.05, 3.63) is 142 Å². The van der Waals surface area contributed by atoms with Crippen molar-refractivity contribution in [2.45, 2.75) is 98.7 Å². The number of aliphatic imine (C=N–C) groups is 1. The molecule has 12 radical (unpaired) electrons. The largest absolute Gasteiger partial charge is 3.00 e. The van der Waals surface area contributed by atoms with Crippen LogP contribution in [-0.4, -0.2) is 26.6 Å². The Morgan fingerprint density at radius 1 is 0.609 bits per heavy atom. The molecule has 244 valence electrons. The normalized spacial score (nSPS) is 14.5. The van der Waals surface area contributed by atoms with E-state index in [1.54, 1.807) is 0 Å². The van der Waals surface area contributed by atoms with Gasteiger partial charge in [-0.25, -0.2) is 0 Å². The van der Waals surface area contributed by atoms with E-state index in [0.717, 1.165) is 11.4 Å². The molecule has 3 nitrogen and oxygen atoms in total. The van der Waals surface area contributed by atoms with E-state index >= 15 is 0 Å². The fourth-order valence-corrected chi connectivity index (χ4v) is 6.20. The Kier molecular flexibility index (Phi) is 25.7. The number of para-hydroxylation sites is 2. The minimum atomic E-state index is 0. The molecule has 2 saturated carbocycles. The van der Waals surface area contributed by atoms with Gasteiger partial charge in [-0.05, 0) is 136 Å². The monoisotopic (exact) mass is 712 g/mol. The van der Waals surface area contributed by atoms with Gasteiger partial charge in [0.2, 0.25) is 0 Å². The molecule has 0 heterocycles. The summed E-state index contributed by atoms with van der Waals surface area (Å²) in [6.07, 6.45) is 22.3. The molecule has 5 heteroatoms. The molecular weight excluding hydrogens is 655 g/mol. The Hall–Kier alpha value is -0.974. The Morgan fingerprint density at radius 3 is 1.20 bits per heavy atom. The summed E-state index contributed by atoms with van der Waals surface area (Å²) in [5.41, 5.74) is 10.4. The maximum Gasteiger partial charge on any atom is 3.00 e. The van der Waals surface area contributed by atoms with Gasteiger partial charge in [-0.1, -0.05) is 97.6 Å². The predicted octanol–water partition coefficient (Wildman–Crippen LogP) is 11.0. The van der Waals surface area contributed by atoms with Crippen LogP contribution < -0.4 is 3.88 Å². The van der Waals surface area contributed by atoms with Gasteiger partial charge >= 0.3 is 41.6 Å². The van der Waals surface area contributed by atoms with Gasteiger partial charge in [0.05, 0.1) is 5.69 Å². The average Bonchev–Trinajstić information content (AvgIpc) is 3.73. The maximum absolute atomic E-state index is 5.19. The standard InChI is InChI=1S/C29H41N2.2C5H5.2CH3.Al.H2O.Zr/c1-18(2)24-13-11-14-25(19(3)4)28(24)30-22(9)17-23(10)31-29-26(20(5)6)15-12-16-27(29)21(7)8;2*1-2-4-5-3-1;;;;;/h11-21H,1-10H3;2*1-5H;2*1H3;;1H2;/q-1;;;;-1;+1;;+3/b22-17-,31-23?;;;;;;;. The van der Waals surface area contributed by atoms with Gasteiger partial charge in [-0.15, -0.1) is 0 Å². The second kappa shape index (κ2) is 25.1. The Balaban J connectivity index is 0. The van der Waals surface area contributed by atoms with Gasteiger partial charge in [-0.2, -0.15) is 0 Å². The van der Waals surface area contributed by atoms with E-state index in [2.05, 4.69) is 121 Å². The molecule has 0 spiro atoms. The Bertz CT molecular complexity index is 1080. The van der Waals surface area contributed by atoms with Crippen LogP contribution in [0.2, 0.25) is 5.79 Å². The third-order valence-electron chi connectivity index (χ3n) is 7.38. The second-order valence-corrected chi connectivity index (χ2v) is 13.3. The average molecular weight is 714 g/mol. The molecule has 2 N–H and O–H groups in total. The summed E-state index contributed by atoms with van der Waals surface area (Å²) in [5, 5.41) is 0. The summed E-state index contributed by atoms with van der Waals surface area (Å²) in [6.45, 7) is 22.6. The van der Waals surface area contributed by atoms with Crippen LogP contribution in [0.3, 0.4) is 0 Å². The van der Waals surface area contributed by atoms with E-state index in [1.807, 2.05) is 64.2 Å². The number of anilines is 1. The molecule has 2 aliphatic rings. The van der Waals surface area contributed by atoms with E-state index in [9.17, 15) is 0 Å². The van der Waals surface area contributed by atoms with Crippen LogP contribution in [0.4, 0.5) is 11.4 Å². The minimum Gasteiger partial charge on any atom is -0.445 e. The van der Waals surface area contributed by atoms with Crippen molar-refractivity contribution < 1.29 is 31.7 Å². The van der Waals surface area contributed by atoms with Crippen molar-refractivity contribution in [3.63, 3.8) is 0 Å². The summed E-state index contributed by atoms with van der Waals surface area (Å²) >= 11 is 0.0902. The zero-order chi connectivity index (χ0) is 31.9. The van der Waals surface area contributed by atoms with E-state index in [4.69, 9.17) is 4.99 Å². The quantitative estimate of drug-likeness (QED) is 0.145. The maximum atomic E-state index is 5.19. The van der Waals surface area contributed by atoms with Gasteiger partial charge in [0.25, 0.3) is 0 Å². The van der Waals surface area contributed by atoms with Gasteiger partial charge in [0, 0.05) is 11.4 Å². The third-order valence-corrected chi connectivity index (χ3v) is 8.56. The van der Waals surface area contributed by atoms with E-state index in [1.165, 1.54) is 33.6 Å². The number of hydrogen-bond donors (Lipinski definition) is 0. The summed E-state index contributed by atoms with van der Waals surface area (Å²) in [7, 11) is 0. The van der Waals surface area contributed by atoms with Crippen LogP contribution in [-0.2, 0) is 26.2 Å². The topological polar surface area (TPSA) is 47.1 Å². The second-order valence-electron chi connectivity index (χ2n) is 12.3. The summed E-state index contributed by atoms with van der Waals surface area (Å²) in [5.74, 6) is 4.20. The SMILES string of the molecule is O.[CH3-].[CH3][Al][N](/C(C)=C\C(C)=Nc1c(C(C)C)cccc1C(C)C)c1c(C(C)C)cccc1C(C)C.[CH]1[CH][CH][CH][CH]1.[CH]1[CH][CH][CH][CH]1.[Zr+3]. The molecule has 0 aromatic heterocycles. The van der Waals surface area contributed by atoms with Gasteiger partial charge in [0.1, 0.15) is 0 Å². The van der Waals surface area contributed by atoms with Crippen LogP contribution in [0.15, 0.2) is 53.2 Å². The third kappa shape index (κ3) is 15.1. The summed E-state index contributed by atoms with van der Waals surface area (Å²) in [4.78, 5) is 5.19. The number of benzene rings is 2. The minimum absolute atomic E-state index is 0. The molecule has 2 aromatic carbocycles. The predicted molar refractivity (Wildman–Crippen MR) is 203 cm³/mol. The van der Waals surface area contributed by atoms with Gasteiger partial charge in [0.15, 0.2) is 0 Å². The molecule has 2 fully saturated rings. The molecule has 0 atom stereocenters. The van der Waals surface area contributed by atoms with Gasteiger partial charge in [-0.3, -0.25) is 4.99 Å². The van der Waals surface area contributed by atoms with Crippen molar-refractivity contribution in [1.82, 2.24) is 0 Å². The molecular formula is C41H59AlN2OZr+2. The van der Waals surface area contributed by atoms with E-state index < -0.39 is 0 Å². The van der Waals surface area contributed by atoms with Crippen LogP contribution in [0.1, 0.15) is 115 Å². The van der Waals surface area contributed by atoms with E-state index in [-0.39, 0.29) is 54.5 Å². The fraction of sp³-hybridized carbons (Fsp3) is 0.366. The molecule has 0 unspecified atom stereocenters. The Labute approximate surface area is 311 Å². The van der Waals surface area contributed by atoms with Crippen LogP contribution in [0, 0.1) is 71.6 Å². The van der Waals surface area contributed by atoms with Crippen molar-refractivity contribution in [2.24, 2.45) is 4.99 Å². The van der Waals surface area contributed by atoms with Crippen LogP contribution >= 0.6 is 0 Å². The van der Waals surface area contributed by atoms with Crippen molar-refractivity contribution in [2.75, 3.05) is 3.88 Å². The first kappa shape index (κ1) is 47.1. The van der Waals surface area contributed by atoms with Crippen molar-refractivity contribution >= 4 is 32.5 Å². The molecule has 2 aromatic rings. The first-order valence-electron chi connectivity index (χ1n) is 15.9. The number of hydrogen-bond acceptors (Lipinski definition) is 2. The van der Waals surface area contributed by atoms with Crippen molar-refractivity contribution in [1.29, 1.82) is 0 Å². The molecule has 4 rings (SSSR count). The van der Waals surface area contributed by atoms with Gasteiger partial charge < -0.3 is 16.8 Å². The molecule has 0 bridgehead atoms. The smallest absolute Gasteiger partial charge is 0.445 e. The number of rotatable bonds is 9. The van der Waals surface area contributed by atoms with Crippen LogP contribution in [0.5, 0.6) is 0 Å². The fourth-order valence-electron chi connectivity index (χ4n) is 5.16. The molecule has 0 aliphatic heterocycles. The molecule has 0 amide bonds.